The molecule has 1 saturated heterocycles. The van der Waals surface area contributed by atoms with Crippen molar-refractivity contribution in [3.63, 3.8) is 0 Å². The van der Waals surface area contributed by atoms with Crippen molar-refractivity contribution in [2.75, 3.05) is 13.2 Å². The van der Waals surface area contributed by atoms with E-state index in [1.54, 1.807) is 41.6 Å². The Labute approximate surface area is 202 Å². The van der Waals surface area contributed by atoms with E-state index in [1.807, 2.05) is 19.9 Å². The summed E-state index contributed by atoms with van der Waals surface area (Å²) in [5.74, 6) is 0.341. The molecule has 6 nitrogen and oxygen atoms in total. The van der Waals surface area contributed by atoms with E-state index in [-0.39, 0.29) is 30.7 Å². The number of halogens is 3. The van der Waals surface area contributed by atoms with Gasteiger partial charge < -0.3 is 14.4 Å². The van der Waals surface area contributed by atoms with Crippen LogP contribution < -0.4 is 9.47 Å². The molecule has 4 rings (SSSR count). The minimum atomic E-state index is -1.01. The lowest BCUT2D eigenvalue weighted by Gasteiger charge is -2.39. The maximum absolute atomic E-state index is 14.0. The molecule has 1 aliphatic heterocycles. The third kappa shape index (κ3) is 5.65. The van der Waals surface area contributed by atoms with Crippen LogP contribution in [-0.2, 0) is 0 Å². The van der Waals surface area contributed by atoms with Gasteiger partial charge in [-0.25, -0.2) is 4.39 Å². The minimum absolute atomic E-state index is 0.00824. The lowest BCUT2D eigenvalue weighted by molar-refractivity contribution is 0.0605. The molecule has 1 unspecified atom stereocenters. The van der Waals surface area contributed by atoms with Crippen molar-refractivity contribution in [2.24, 2.45) is 0 Å². The van der Waals surface area contributed by atoms with Crippen molar-refractivity contribution in [3.8, 4) is 11.8 Å². The Morgan fingerprint density at radius 3 is 2.67 bits per heavy atom. The van der Waals surface area contributed by atoms with Crippen LogP contribution in [0.4, 0.5) is 4.39 Å². The standard InChI is InChI=1S/C24H24Cl2FN3O3/c1-14(2)33-20-10-28-24(29-11-20)32-13-19-8-17-7-18(27)5-3-16(17)12-30(19)23(31)15-4-6-21(25)22(26)9-15/h3-4,6-7,9-11,14,18-19H,5,8,12-13H2,1-2H3/t18?,19-/m0/s1. The van der Waals surface area contributed by atoms with E-state index in [9.17, 15) is 9.18 Å². The summed E-state index contributed by atoms with van der Waals surface area (Å²) in [6.07, 6.45) is 6.36. The van der Waals surface area contributed by atoms with Gasteiger partial charge in [0.05, 0.1) is 34.6 Å². The molecule has 1 aromatic carbocycles. The fraction of sp³-hybridized carbons (Fsp3) is 0.375. The maximum atomic E-state index is 14.0. The molecule has 2 heterocycles. The molecule has 1 fully saturated rings. The number of benzene rings is 1. The van der Waals surface area contributed by atoms with Crippen LogP contribution in [0.15, 0.2) is 53.9 Å². The zero-order chi connectivity index (χ0) is 23.5. The average molecular weight is 492 g/mol. The lowest BCUT2D eigenvalue weighted by atomic mass is 9.87. The first-order valence-electron chi connectivity index (χ1n) is 10.7. The molecule has 1 aromatic heterocycles. The van der Waals surface area contributed by atoms with E-state index in [1.165, 1.54) is 0 Å². The van der Waals surface area contributed by atoms with E-state index in [0.717, 1.165) is 11.1 Å². The number of allylic oxidation sites excluding steroid dienone is 2. The van der Waals surface area contributed by atoms with Gasteiger partial charge in [0, 0.05) is 18.5 Å². The van der Waals surface area contributed by atoms with Gasteiger partial charge in [-0.15, -0.1) is 0 Å². The quantitative estimate of drug-likeness (QED) is 0.536. The highest BCUT2D eigenvalue weighted by atomic mass is 35.5. The van der Waals surface area contributed by atoms with Gasteiger partial charge in [-0.1, -0.05) is 29.3 Å². The number of amides is 1. The molecular formula is C24H24Cl2FN3O3. The number of fused-ring (bicyclic) bond motifs is 1. The number of ether oxygens (including phenoxy) is 2. The molecule has 2 aliphatic rings. The first kappa shape index (κ1) is 23.5. The highest BCUT2D eigenvalue weighted by Crippen LogP contribution is 2.33. The SMILES string of the molecule is CC(C)Oc1cnc(OC[C@@H]2CC3=CC(F)CC=C3CN2C(=O)c2ccc(Cl)c(Cl)c2)nc1. The predicted octanol–water partition coefficient (Wildman–Crippen LogP) is 5.46. The first-order valence-corrected chi connectivity index (χ1v) is 11.5. The molecular weight excluding hydrogens is 468 g/mol. The molecule has 9 heteroatoms. The molecule has 1 aliphatic carbocycles. The zero-order valence-corrected chi connectivity index (χ0v) is 19.8. The van der Waals surface area contributed by atoms with Crippen LogP contribution in [0.2, 0.25) is 10.0 Å². The summed E-state index contributed by atoms with van der Waals surface area (Å²) in [4.78, 5) is 23.4. The predicted molar refractivity (Wildman–Crippen MR) is 125 cm³/mol. The maximum Gasteiger partial charge on any atom is 0.316 e. The number of nitrogens with zero attached hydrogens (tertiary/aromatic N) is 3. The van der Waals surface area contributed by atoms with Crippen molar-refractivity contribution in [2.45, 2.75) is 45.0 Å². The molecule has 33 heavy (non-hydrogen) atoms. The molecule has 0 spiro atoms. The number of carbonyl (C=O) groups excluding carboxylic acids is 1. The van der Waals surface area contributed by atoms with Crippen molar-refractivity contribution >= 4 is 29.1 Å². The second-order valence-corrected chi connectivity index (χ2v) is 9.09. The van der Waals surface area contributed by atoms with Crippen LogP contribution in [0.5, 0.6) is 11.8 Å². The number of carbonyl (C=O) groups is 1. The number of alkyl halides is 1. The van der Waals surface area contributed by atoms with Crippen LogP contribution in [0.3, 0.4) is 0 Å². The third-order valence-corrected chi connectivity index (χ3v) is 6.17. The molecule has 2 atom stereocenters. The van der Waals surface area contributed by atoms with Crippen LogP contribution in [-0.4, -0.2) is 52.2 Å². The molecule has 1 amide bonds. The average Bonchev–Trinajstić information content (AvgIpc) is 2.79. The number of piperidine rings is 1. The Kier molecular flexibility index (Phi) is 7.20. The summed E-state index contributed by atoms with van der Waals surface area (Å²) in [6.45, 7) is 4.34. The molecule has 0 saturated carbocycles. The normalized spacial score (nSPS) is 20.1. The number of rotatable bonds is 6. The lowest BCUT2D eigenvalue weighted by Crippen LogP contribution is -2.48. The van der Waals surface area contributed by atoms with Crippen LogP contribution in [0.25, 0.3) is 0 Å². The molecule has 0 bridgehead atoms. The highest BCUT2D eigenvalue weighted by molar-refractivity contribution is 6.42. The smallest absolute Gasteiger partial charge is 0.316 e. The monoisotopic (exact) mass is 491 g/mol. The number of hydrogen-bond donors (Lipinski definition) is 0. The Hall–Kier alpha value is -2.64. The van der Waals surface area contributed by atoms with Crippen molar-refractivity contribution in [1.82, 2.24) is 14.9 Å². The van der Waals surface area contributed by atoms with Gasteiger partial charge >= 0.3 is 6.01 Å². The van der Waals surface area contributed by atoms with Crippen LogP contribution >= 0.6 is 23.2 Å². The van der Waals surface area contributed by atoms with E-state index in [4.69, 9.17) is 32.7 Å². The van der Waals surface area contributed by atoms with Crippen molar-refractivity contribution in [1.29, 1.82) is 0 Å². The van der Waals surface area contributed by atoms with Gasteiger partial charge in [-0.05, 0) is 55.7 Å². The van der Waals surface area contributed by atoms with Crippen molar-refractivity contribution in [3.05, 3.63) is 69.5 Å². The van der Waals surface area contributed by atoms with Gasteiger partial charge in [0.2, 0.25) is 0 Å². The number of hydrogen-bond acceptors (Lipinski definition) is 5. The summed E-state index contributed by atoms with van der Waals surface area (Å²) >= 11 is 12.1. The van der Waals surface area contributed by atoms with E-state index < -0.39 is 6.17 Å². The fourth-order valence-corrected chi connectivity index (χ4v) is 4.18. The first-order chi connectivity index (χ1) is 15.8. The second kappa shape index (κ2) is 10.1. The third-order valence-electron chi connectivity index (χ3n) is 5.43. The Morgan fingerprint density at radius 1 is 1.21 bits per heavy atom. The Bertz CT molecular complexity index is 1090. The fourth-order valence-electron chi connectivity index (χ4n) is 3.89. The molecule has 0 N–H and O–H groups in total. The van der Waals surface area contributed by atoms with E-state index in [2.05, 4.69) is 9.97 Å². The minimum Gasteiger partial charge on any atom is -0.488 e. The Morgan fingerprint density at radius 2 is 1.97 bits per heavy atom. The molecule has 174 valence electrons. The summed E-state index contributed by atoms with van der Waals surface area (Å²) in [5, 5.41) is 0.685. The summed E-state index contributed by atoms with van der Waals surface area (Å²) in [7, 11) is 0. The van der Waals surface area contributed by atoms with Gasteiger partial charge in [0.25, 0.3) is 5.91 Å². The van der Waals surface area contributed by atoms with Crippen molar-refractivity contribution < 1.29 is 18.7 Å². The molecule has 0 radical (unpaired) electrons. The number of aromatic nitrogens is 2. The summed E-state index contributed by atoms with van der Waals surface area (Å²) in [6, 6.07) is 4.63. The van der Waals surface area contributed by atoms with Gasteiger partial charge in [0.15, 0.2) is 5.75 Å². The van der Waals surface area contributed by atoms with E-state index in [0.29, 0.717) is 40.7 Å². The van der Waals surface area contributed by atoms with Gasteiger partial charge in [-0.2, -0.15) is 9.97 Å². The summed E-state index contributed by atoms with van der Waals surface area (Å²) < 4.78 is 25.3. The van der Waals surface area contributed by atoms with Gasteiger partial charge in [-0.3, -0.25) is 4.79 Å². The largest absolute Gasteiger partial charge is 0.488 e. The number of likely N-dealkylation sites (tertiary alicyclic amines) is 1. The van der Waals surface area contributed by atoms with Crippen LogP contribution in [0, 0.1) is 0 Å². The Balaban J connectivity index is 1.53. The van der Waals surface area contributed by atoms with Crippen LogP contribution in [0.1, 0.15) is 37.0 Å². The molecule has 2 aromatic rings. The van der Waals surface area contributed by atoms with Gasteiger partial charge in [0.1, 0.15) is 12.8 Å². The highest BCUT2D eigenvalue weighted by Gasteiger charge is 2.34. The second-order valence-electron chi connectivity index (χ2n) is 8.27. The summed E-state index contributed by atoms with van der Waals surface area (Å²) in [5.41, 5.74) is 2.29. The van der Waals surface area contributed by atoms with E-state index >= 15 is 0 Å². The zero-order valence-electron chi connectivity index (χ0n) is 18.3. The topological polar surface area (TPSA) is 64.6 Å².